The van der Waals surface area contributed by atoms with Crippen LogP contribution in [0.4, 0.5) is 11.8 Å². The van der Waals surface area contributed by atoms with Gasteiger partial charge in [0.05, 0.1) is 6.10 Å². The molecule has 0 saturated carbocycles. The van der Waals surface area contributed by atoms with E-state index in [0.717, 1.165) is 51.9 Å². The molecule has 0 aliphatic carbocycles. The van der Waals surface area contributed by atoms with E-state index in [9.17, 15) is 4.79 Å². The van der Waals surface area contributed by atoms with Crippen molar-refractivity contribution in [2.24, 2.45) is 0 Å². The van der Waals surface area contributed by atoms with Crippen LogP contribution >= 0.6 is 0 Å². The molecule has 0 aromatic carbocycles. The maximum atomic E-state index is 12.3. The highest BCUT2D eigenvalue weighted by Crippen LogP contribution is 2.17. The van der Waals surface area contributed by atoms with Gasteiger partial charge in [0.2, 0.25) is 5.95 Å². The number of rotatable bonds is 11. The molecule has 0 radical (unpaired) electrons. The average molecular weight is 392 g/mol. The molecule has 3 heterocycles. The molecule has 28 heavy (non-hydrogen) atoms. The quantitative estimate of drug-likeness (QED) is 0.431. The van der Waals surface area contributed by atoms with Gasteiger partial charge >= 0.3 is 5.69 Å². The zero-order valence-corrected chi connectivity index (χ0v) is 16.8. The first-order valence-corrected chi connectivity index (χ1v) is 10.5. The summed E-state index contributed by atoms with van der Waals surface area (Å²) in [5, 5.41) is 6.62. The Morgan fingerprint density at radius 1 is 1.25 bits per heavy atom. The largest absolute Gasteiger partial charge is 0.382 e. The van der Waals surface area contributed by atoms with Crippen molar-refractivity contribution >= 4 is 22.9 Å². The summed E-state index contributed by atoms with van der Waals surface area (Å²) in [6.07, 6.45) is 8.02. The Kier molecular flexibility index (Phi) is 7.67. The van der Waals surface area contributed by atoms with E-state index < -0.39 is 0 Å². The maximum Gasteiger partial charge on any atom is 0.327 e. The lowest BCUT2D eigenvalue weighted by molar-refractivity contribution is 0.0116. The number of aromatic nitrogens is 4. The summed E-state index contributed by atoms with van der Waals surface area (Å²) < 4.78 is 7.39. The van der Waals surface area contributed by atoms with E-state index in [2.05, 4.69) is 32.5 Å². The van der Waals surface area contributed by atoms with E-state index in [0.29, 0.717) is 35.6 Å². The molecule has 1 unspecified atom stereocenters. The van der Waals surface area contributed by atoms with Gasteiger partial charge in [0.15, 0.2) is 11.5 Å². The Morgan fingerprint density at radius 2 is 2.14 bits per heavy atom. The van der Waals surface area contributed by atoms with Crippen LogP contribution in [0.2, 0.25) is 0 Å². The molecule has 3 rings (SSSR count). The summed E-state index contributed by atoms with van der Waals surface area (Å²) in [7, 11) is 0. The number of aromatic amines is 1. The number of hydrogen-bond donors (Lipinski definition) is 4. The van der Waals surface area contributed by atoms with Crippen molar-refractivity contribution in [2.75, 3.05) is 37.3 Å². The van der Waals surface area contributed by atoms with Crippen molar-refractivity contribution in [3.05, 3.63) is 10.5 Å². The topological polar surface area (TPSA) is 123 Å². The molecule has 5 N–H and O–H groups in total. The Bertz CT molecular complexity index is 795. The first-order chi connectivity index (χ1) is 13.7. The average Bonchev–Trinajstić information content (AvgIpc) is 3.02. The van der Waals surface area contributed by atoms with Gasteiger partial charge in [-0.2, -0.15) is 9.97 Å². The fourth-order valence-corrected chi connectivity index (χ4v) is 3.50. The van der Waals surface area contributed by atoms with E-state index in [4.69, 9.17) is 10.5 Å². The summed E-state index contributed by atoms with van der Waals surface area (Å²) in [6, 6.07) is 0. The molecule has 2 aromatic rings. The zero-order chi connectivity index (χ0) is 19.8. The van der Waals surface area contributed by atoms with E-state index >= 15 is 0 Å². The van der Waals surface area contributed by atoms with Crippen molar-refractivity contribution in [1.82, 2.24) is 24.8 Å². The maximum absolute atomic E-state index is 12.3. The van der Waals surface area contributed by atoms with Crippen LogP contribution in [0.1, 0.15) is 51.9 Å². The fraction of sp³-hybridized carbons (Fsp3) is 0.737. The minimum Gasteiger partial charge on any atom is -0.382 e. The molecule has 0 amide bonds. The Labute approximate surface area is 165 Å². The molecule has 1 fully saturated rings. The van der Waals surface area contributed by atoms with Gasteiger partial charge in [-0.15, -0.1) is 0 Å². The summed E-state index contributed by atoms with van der Waals surface area (Å²) >= 11 is 0. The third-order valence-corrected chi connectivity index (χ3v) is 5.12. The second-order valence-electron chi connectivity index (χ2n) is 7.37. The Balaban J connectivity index is 1.51. The molecule has 156 valence electrons. The van der Waals surface area contributed by atoms with Gasteiger partial charge in [0.1, 0.15) is 5.52 Å². The van der Waals surface area contributed by atoms with Gasteiger partial charge in [-0.05, 0) is 51.6 Å². The zero-order valence-electron chi connectivity index (χ0n) is 16.8. The Morgan fingerprint density at radius 3 is 2.93 bits per heavy atom. The SMILES string of the molecule is CCCCNc1nc(N)c2[nH]c(=O)n(CCCNCCC3CCCCO3)c2n1. The molecule has 1 aliphatic rings. The van der Waals surface area contributed by atoms with Crippen LogP contribution in [0.15, 0.2) is 4.79 Å². The first-order valence-electron chi connectivity index (χ1n) is 10.5. The summed E-state index contributed by atoms with van der Waals surface area (Å²) in [5.41, 5.74) is 6.88. The number of nitrogens with zero attached hydrogens (tertiary/aromatic N) is 3. The van der Waals surface area contributed by atoms with Crippen molar-refractivity contribution in [3.63, 3.8) is 0 Å². The van der Waals surface area contributed by atoms with Gasteiger partial charge < -0.3 is 26.1 Å². The van der Waals surface area contributed by atoms with Crippen LogP contribution in [-0.2, 0) is 11.3 Å². The third kappa shape index (κ3) is 5.45. The molecule has 0 spiro atoms. The number of nitrogen functional groups attached to an aromatic ring is 1. The molecule has 0 bridgehead atoms. The lowest BCUT2D eigenvalue weighted by Gasteiger charge is -2.22. The van der Waals surface area contributed by atoms with E-state index in [1.54, 1.807) is 4.57 Å². The number of H-pyrrole nitrogens is 1. The second kappa shape index (κ2) is 10.4. The highest BCUT2D eigenvalue weighted by atomic mass is 16.5. The van der Waals surface area contributed by atoms with Crippen LogP contribution in [0, 0.1) is 0 Å². The van der Waals surface area contributed by atoms with Gasteiger partial charge in [-0.1, -0.05) is 13.3 Å². The van der Waals surface area contributed by atoms with Gasteiger partial charge in [0, 0.05) is 19.7 Å². The van der Waals surface area contributed by atoms with Crippen molar-refractivity contribution in [2.45, 2.75) is 64.5 Å². The van der Waals surface area contributed by atoms with Crippen LogP contribution in [-0.4, -0.2) is 51.9 Å². The van der Waals surface area contributed by atoms with Crippen LogP contribution < -0.4 is 22.1 Å². The lowest BCUT2D eigenvalue weighted by Crippen LogP contribution is -2.27. The fourth-order valence-electron chi connectivity index (χ4n) is 3.50. The monoisotopic (exact) mass is 391 g/mol. The second-order valence-corrected chi connectivity index (χ2v) is 7.37. The van der Waals surface area contributed by atoms with Gasteiger partial charge in [-0.25, -0.2) is 4.79 Å². The third-order valence-electron chi connectivity index (χ3n) is 5.12. The van der Waals surface area contributed by atoms with Gasteiger partial charge in [-0.3, -0.25) is 4.57 Å². The molecule has 9 nitrogen and oxygen atoms in total. The molecule has 1 atom stereocenters. The first kappa shape index (κ1) is 20.6. The number of nitrogens with two attached hydrogens (primary N) is 1. The highest BCUT2D eigenvalue weighted by molar-refractivity contribution is 5.82. The number of unbranched alkanes of at least 4 members (excludes halogenated alkanes) is 1. The van der Waals surface area contributed by atoms with Crippen molar-refractivity contribution < 1.29 is 4.74 Å². The molecule has 9 heteroatoms. The highest BCUT2D eigenvalue weighted by Gasteiger charge is 2.14. The molecular formula is C19H33N7O2. The standard InChI is InChI=1S/C19H33N7O2/c1-2-3-10-22-18-24-16(20)15-17(25-18)26(19(27)23-15)12-6-9-21-11-8-14-7-4-5-13-28-14/h14,21H,2-13H2,1H3,(H,23,27)(H3,20,22,24,25). The molecule has 1 aliphatic heterocycles. The normalized spacial score (nSPS) is 17.2. The van der Waals surface area contributed by atoms with Gasteiger partial charge in [0.25, 0.3) is 0 Å². The van der Waals surface area contributed by atoms with Crippen LogP contribution in [0.5, 0.6) is 0 Å². The number of imidazole rings is 1. The Hall–Kier alpha value is -2.13. The smallest absolute Gasteiger partial charge is 0.327 e. The van der Waals surface area contributed by atoms with E-state index in [-0.39, 0.29) is 5.69 Å². The number of hydrogen-bond acceptors (Lipinski definition) is 7. The van der Waals surface area contributed by atoms with E-state index in [1.807, 2.05) is 0 Å². The van der Waals surface area contributed by atoms with E-state index in [1.165, 1.54) is 19.3 Å². The predicted octanol–water partition coefficient (Wildman–Crippen LogP) is 1.85. The minimum atomic E-state index is -0.197. The number of anilines is 2. The number of fused-ring (bicyclic) bond motifs is 1. The van der Waals surface area contributed by atoms with Crippen molar-refractivity contribution in [1.29, 1.82) is 0 Å². The van der Waals surface area contributed by atoms with Crippen LogP contribution in [0.25, 0.3) is 11.2 Å². The van der Waals surface area contributed by atoms with Crippen LogP contribution in [0.3, 0.4) is 0 Å². The van der Waals surface area contributed by atoms with Crippen molar-refractivity contribution in [3.8, 4) is 0 Å². The summed E-state index contributed by atoms with van der Waals surface area (Å²) in [6.45, 7) is 6.16. The summed E-state index contributed by atoms with van der Waals surface area (Å²) in [5.74, 6) is 0.766. The number of nitrogens with one attached hydrogen (secondary N) is 3. The summed E-state index contributed by atoms with van der Waals surface area (Å²) in [4.78, 5) is 23.8. The molecule has 2 aromatic heterocycles. The number of aryl methyl sites for hydroxylation is 1. The molecule has 1 saturated heterocycles. The minimum absolute atomic E-state index is 0.197. The molecular weight excluding hydrogens is 358 g/mol. The lowest BCUT2D eigenvalue weighted by atomic mass is 10.1. The number of ether oxygens (including phenoxy) is 1. The predicted molar refractivity (Wildman–Crippen MR) is 112 cm³/mol.